The van der Waals surface area contributed by atoms with Gasteiger partial charge in [0.15, 0.2) is 0 Å². The van der Waals surface area contributed by atoms with Gasteiger partial charge in [-0.15, -0.1) is 0 Å². The zero-order valence-corrected chi connectivity index (χ0v) is 11.2. The Morgan fingerprint density at radius 3 is 2.83 bits per heavy atom. The molecule has 2 fully saturated rings. The SMILES string of the molecule is CC(C)c1cccc(C2NCCOC23CNC3)c1. The van der Waals surface area contributed by atoms with Crippen LogP contribution >= 0.6 is 0 Å². The number of benzene rings is 1. The molecule has 3 rings (SSSR count). The van der Waals surface area contributed by atoms with E-state index in [-0.39, 0.29) is 5.60 Å². The Morgan fingerprint density at radius 2 is 2.17 bits per heavy atom. The van der Waals surface area contributed by atoms with Crippen molar-refractivity contribution in [2.45, 2.75) is 31.4 Å². The minimum absolute atomic E-state index is 0.0200. The Labute approximate surface area is 109 Å². The van der Waals surface area contributed by atoms with E-state index in [0.29, 0.717) is 12.0 Å². The lowest BCUT2D eigenvalue weighted by molar-refractivity contribution is -0.128. The molecule has 0 amide bonds. The van der Waals surface area contributed by atoms with Crippen LogP contribution in [0.4, 0.5) is 0 Å². The number of hydrogen-bond acceptors (Lipinski definition) is 3. The Morgan fingerprint density at radius 1 is 1.33 bits per heavy atom. The first-order valence-electron chi connectivity index (χ1n) is 6.89. The molecule has 1 aromatic carbocycles. The first-order valence-corrected chi connectivity index (χ1v) is 6.89. The predicted molar refractivity (Wildman–Crippen MR) is 72.8 cm³/mol. The van der Waals surface area contributed by atoms with Crippen molar-refractivity contribution >= 4 is 0 Å². The van der Waals surface area contributed by atoms with Crippen LogP contribution in [0.1, 0.15) is 36.9 Å². The van der Waals surface area contributed by atoms with Crippen LogP contribution in [-0.2, 0) is 4.74 Å². The maximum Gasteiger partial charge on any atom is 0.112 e. The molecule has 0 aliphatic carbocycles. The maximum atomic E-state index is 6.04. The van der Waals surface area contributed by atoms with Crippen molar-refractivity contribution in [3.05, 3.63) is 35.4 Å². The molecule has 2 aliphatic rings. The van der Waals surface area contributed by atoms with Gasteiger partial charge in [0.2, 0.25) is 0 Å². The van der Waals surface area contributed by atoms with Gasteiger partial charge >= 0.3 is 0 Å². The molecule has 0 aromatic heterocycles. The van der Waals surface area contributed by atoms with Crippen molar-refractivity contribution in [1.29, 1.82) is 0 Å². The van der Waals surface area contributed by atoms with Crippen molar-refractivity contribution in [1.82, 2.24) is 10.6 Å². The van der Waals surface area contributed by atoms with Crippen LogP contribution in [0.5, 0.6) is 0 Å². The standard InChI is InChI=1S/C15H22N2O/c1-11(2)12-4-3-5-13(8-12)14-15(9-16-10-15)18-7-6-17-14/h3-5,8,11,14,16-17H,6-7,9-10H2,1-2H3. The summed E-state index contributed by atoms with van der Waals surface area (Å²) in [5.41, 5.74) is 2.75. The number of ether oxygens (including phenoxy) is 1. The van der Waals surface area contributed by atoms with E-state index in [9.17, 15) is 0 Å². The van der Waals surface area contributed by atoms with Gasteiger partial charge in [-0.3, -0.25) is 0 Å². The van der Waals surface area contributed by atoms with E-state index in [1.165, 1.54) is 11.1 Å². The molecule has 98 valence electrons. The molecule has 0 saturated carbocycles. The number of morpholine rings is 1. The number of nitrogens with one attached hydrogen (secondary N) is 2. The third-order valence-electron chi connectivity index (χ3n) is 4.13. The van der Waals surface area contributed by atoms with Gasteiger partial charge < -0.3 is 15.4 Å². The van der Waals surface area contributed by atoms with E-state index in [2.05, 4.69) is 48.7 Å². The van der Waals surface area contributed by atoms with Gasteiger partial charge in [-0.1, -0.05) is 38.1 Å². The molecule has 1 unspecified atom stereocenters. The lowest BCUT2D eigenvalue weighted by Crippen LogP contribution is -2.69. The Kier molecular flexibility index (Phi) is 3.14. The molecule has 2 saturated heterocycles. The van der Waals surface area contributed by atoms with Gasteiger partial charge in [0, 0.05) is 19.6 Å². The highest BCUT2D eigenvalue weighted by atomic mass is 16.5. The van der Waals surface area contributed by atoms with Gasteiger partial charge in [0.1, 0.15) is 5.60 Å². The molecule has 1 atom stereocenters. The Bertz CT molecular complexity index is 426. The first kappa shape index (κ1) is 12.2. The van der Waals surface area contributed by atoms with Crippen molar-refractivity contribution < 1.29 is 4.74 Å². The van der Waals surface area contributed by atoms with Crippen molar-refractivity contribution in [2.75, 3.05) is 26.2 Å². The zero-order valence-electron chi connectivity index (χ0n) is 11.2. The molecule has 2 aliphatic heterocycles. The largest absolute Gasteiger partial charge is 0.369 e. The van der Waals surface area contributed by atoms with E-state index in [1.807, 2.05) is 0 Å². The summed E-state index contributed by atoms with van der Waals surface area (Å²) in [4.78, 5) is 0. The highest BCUT2D eigenvalue weighted by Crippen LogP contribution is 2.35. The minimum Gasteiger partial charge on any atom is -0.369 e. The second-order valence-corrected chi connectivity index (χ2v) is 5.73. The molecule has 3 heteroatoms. The zero-order chi connectivity index (χ0) is 12.6. The summed E-state index contributed by atoms with van der Waals surface area (Å²) in [6.45, 7) is 8.16. The maximum absolute atomic E-state index is 6.04. The number of rotatable bonds is 2. The molecule has 0 bridgehead atoms. The van der Waals surface area contributed by atoms with Crippen LogP contribution in [0.15, 0.2) is 24.3 Å². The van der Waals surface area contributed by atoms with Crippen molar-refractivity contribution in [2.24, 2.45) is 0 Å². The third-order valence-corrected chi connectivity index (χ3v) is 4.13. The Hall–Kier alpha value is -0.900. The summed E-state index contributed by atoms with van der Waals surface area (Å²) in [5.74, 6) is 0.574. The molecule has 18 heavy (non-hydrogen) atoms. The van der Waals surface area contributed by atoms with Crippen molar-refractivity contribution in [3.8, 4) is 0 Å². The molecule has 3 nitrogen and oxygen atoms in total. The third kappa shape index (κ3) is 1.96. The highest BCUT2D eigenvalue weighted by molar-refractivity contribution is 5.31. The summed E-state index contributed by atoms with van der Waals surface area (Å²) in [7, 11) is 0. The van der Waals surface area contributed by atoms with Crippen LogP contribution in [0, 0.1) is 0 Å². The average Bonchev–Trinajstić information content (AvgIpc) is 2.37. The van der Waals surface area contributed by atoms with Crippen molar-refractivity contribution in [3.63, 3.8) is 0 Å². The van der Waals surface area contributed by atoms with E-state index in [4.69, 9.17) is 4.74 Å². The number of hydrogen-bond donors (Lipinski definition) is 2. The monoisotopic (exact) mass is 246 g/mol. The van der Waals surface area contributed by atoms with Gasteiger partial charge in [-0.25, -0.2) is 0 Å². The molecular weight excluding hydrogens is 224 g/mol. The quantitative estimate of drug-likeness (QED) is 0.835. The van der Waals surface area contributed by atoms with E-state index >= 15 is 0 Å². The van der Waals surface area contributed by atoms with E-state index < -0.39 is 0 Å². The van der Waals surface area contributed by atoms with Gasteiger partial charge in [0.05, 0.1) is 12.6 Å². The normalized spacial score (nSPS) is 26.3. The van der Waals surface area contributed by atoms with Crippen LogP contribution in [0.25, 0.3) is 0 Å². The topological polar surface area (TPSA) is 33.3 Å². The molecule has 2 heterocycles. The predicted octanol–water partition coefficient (Wildman–Crippen LogP) is 1.81. The van der Waals surface area contributed by atoms with Gasteiger partial charge in [0.25, 0.3) is 0 Å². The fourth-order valence-electron chi connectivity index (χ4n) is 2.92. The van der Waals surface area contributed by atoms with Crippen LogP contribution in [0.3, 0.4) is 0 Å². The highest BCUT2D eigenvalue weighted by Gasteiger charge is 2.47. The molecule has 2 N–H and O–H groups in total. The van der Waals surface area contributed by atoms with E-state index in [0.717, 1.165) is 26.2 Å². The molecule has 0 radical (unpaired) electrons. The summed E-state index contributed by atoms with van der Waals surface area (Å²) < 4.78 is 6.04. The fraction of sp³-hybridized carbons (Fsp3) is 0.600. The van der Waals surface area contributed by atoms with Crippen LogP contribution < -0.4 is 10.6 Å². The summed E-state index contributed by atoms with van der Waals surface area (Å²) in [5, 5.41) is 6.97. The summed E-state index contributed by atoms with van der Waals surface area (Å²) >= 11 is 0. The lowest BCUT2D eigenvalue weighted by Gasteiger charge is -2.51. The molecular formula is C15H22N2O. The fourth-order valence-corrected chi connectivity index (χ4v) is 2.92. The van der Waals surface area contributed by atoms with Gasteiger partial charge in [-0.05, 0) is 17.0 Å². The van der Waals surface area contributed by atoms with E-state index in [1.54, 1.807) is 0 Å². The molecule has 1 aromatic rings. The summed E-state index contributed by atoms with van der Waals surface area (Å²) in [6, 6.07) is 9.26. The smallest absolute Gasteiger partial charge is 0.112 e. The van der Waals surface area contributed by atoms with Crippen LogP contribution in [-0.4, -0.2) is 31.8 Å². The summed E-state index contributed by atoms with van der Waals surface area (Å²) in [6.07, 6.45) is 0. The second kappa shape index (κ2) is 4.65. The first-order chi connectivity index (χ1) is 8.71. The second-order valence-electron chi connectivity index (χ2n) is 5.73. The van der Waals surface area contributed by atoms with Crippen LogP contribution in [0.2, 0.25) is 0 Å². The molecule has 1 spiro atoms. The minimum atomic E-state index is -0.0200. The Balaban J connectivity index is 1.90. The van der Waals surface area contributed by atoms with Gasteiger partial charge in [-0.2, -0.15) is 0 Å². The lowest BCUT2D eigenvalue weighted by atomic mass is 9.81. The average molecular weight is 246 g/mol.